The molecule has 1 aliphatic heterocycles. The molecule has 2 aromatic heterocycles. The number of hydrogen-bond donors (Lipinski definition) is 1. The molecule has 21 heavy (non-hydrogen) atoms. The molecular weight excluding hydrogens is 272 g/mol. The predicted octanol–water partition coefficient (Wildman–Crippen LogP) is 1.75. The van der Waals surface area contributed by atoms with E-state index in [0.717, 1.165) is 12.8 Å². The Kier molecular flexibility index (Phi) is 3.71. The van der Waals surface area contributed by atoms with Crippen LogP contribution in [0.1, 0.15) is 18.4 Å². The van der Waals surface area contributed by atoms with Gasteiger partial charge in [0, 0.05) is 12.8 Å². The maximum atomic E-state index is 9.40. The van der Waals surface area contributed by atoms with E-state index in [-0.39, 0.29) is 23.5 Å². The third kappa shape index (κ3) is 2.80. The first-order valence-corrected chi connectivity index (χ1v) is 6.64. The van der Waals surface area contributed by atoms with Crippen LogP contribution in [-0.4, -0.2) is 29.3 Å². The Balaban J connectivity index is 1.98. The van der Waals surface area contributed by atoms with Gasteiger partial charge in [-0.25, -0.2) is 4.98 Å². The van der Waals surface area contributed by atoms with Crippen LogP contribution in [-0.2, 0) is 4.74 Å². The number of anilines is 1. The molecule has 1 fully saturated rings. The van der Waals surface area contributed by atoms with Crippen LogP contribution in [0.5, 0.6) is 5.88 Å². The van der Waals surface area contributed by atoms with E-state index >= 15 is 0 Å². The molecule has 3 rings (SSSR count). The lowest BCUT2D eigenvalue weighted by Gasteiger charge is -2.23. The summed E-state index contributed by atoms with van der Waals surface area (Å²) in [5.41, 5.74) is 6.29. The zero-order chi connectivity index (χ0) is 14.7. The summed E-state index contributed by atoms with van der Waals surface area (Å²) in [5.74, 6) is 0.697. The predicted molar refractivity (Wildman–Crippen MR) is 73.3 cm³/mol. The number of rotatable bonds is 3. The molecule has 108 valence electrons. The van der Waals surface area contributed by atoms with Crippen molar-refractivity contribution in [2.45, 2.75) is 18.9 Å². The zero-order valence-electron chi connectivity index (χ0n) is 11.3. The molecule has 1 saturated heterocycles. The fourth-order valence-electron chi connectivity index (χ4n) is 2.19. The third-order valence-corrected chi connectivity index (χ3v) is 3.21. The number of ether oxygens (including phenoxy) is 2. The summed E-state index contributed by atoms with van der Waals surface area (Å²) in [5, 5.41) is 9.40. The molecule has 0 unspecified atom stereocenters. The highest BCUT2D eigenvalue weighted by Gasteiger charge is 2.22. The summed E-state index contributed by atoms with van der Waals surface area (Å²) >= 11 is 0. The Morgan fingerprint density at radius 1 is 1.33 bits per heavy atom. The highest BCUT2D eigenvalue weighted by Crippen LogP contribution is 2.29. The summed E-state index contributed by atoms with van der Waals surface area (Å²) in [6.45, 7) is 1.27. The van der Waals surface area contributed by atoms with Crippen molar-refractivity contribution in [1.82, 2.24) is 9.97 Å². The molecule has 0 bridgehead atoms. The van der Waals surface area contributed by atoms with Crippen LogP contribution in [0.2, 0.25) is 0 Å². The van der Waals surface area contributed by atoms with Crippen molar-refractivity contribution in [2.75, 3.05) is 18.9 Å². The molecule has 0 spiro atoms. The minimum atomic E-state index is -0.0374. The number of nitriles is 1. The van der Waals surface area contributed by atoms with Crippen LogP contribution in [0.15, 0.2) is 22.8 Å². The Labute approximate surface area is 121 Å². The van der Waals surface area contributed by atoms with E-state index in [1.54, 1.807) is 12.1 Å². The van der Waals surface area contributed by atoms with Crippen LogP contribution in [0.3, 0.4) is 0 Å². The quantitative estimate of drug-likeness (QED) is 0.915. The number of hydrogen-bond acceptors (Lipinski definition) is 7. The summed E-state index contributed by atoms with van der Waals surface area (Å²) < 4.78 is 16.4. The number of nitrogen functional groups attached to an aromatic ring is 1. The molecule has 0 amide bonds. The molecule has 0 aromatic carbocycles. The summed E-state index contributed by atoms with van der Waals surface area (Å²) in [4.78, 5) is 8.13. The second-order valence-corrected chi connectivity index (χ2v) is 4.63. The van der Waals surface area contributed by atoms with Crippen molar-refractivity contribution < 1.29 is 13.9 Å². The number of furan rings is 1. The van der Waals surface area contributed by atoms with Gasteiger partial charge in [0.25, 0.3) is 0 Å². The first kappa shape index (κ1) is 13.4. The van der Waals surface area contributed by atoms with Crippen molar-refractivity contribution in [3.05, 3.63) is 24.0 Å². The molecule has 0 saturated carbocycles. The van der Waals surface area contributed by atoms with Crippen molar-refractivity contribution in [1.29, 1.82) is 5.26 Å². The third-order valence-electron chi connectivity index (χ3n) is 3.21. The molecule has 1 aliphatic rings. The zero-order valence-corrected chi connectivity index (χ0v) is 11.3. The normalized spacial score (nSPS) is 15.6. The smallest absolute Gasteiger partial charge is 0.237 e. The van der Waals surface area contributed by atoms with Gasteiger partial charge >= 0.3 is 0 Å². The lowest BCUT2D eigenvalue weighted by Crippen LogP contribution is -2.26. The highest BCUT2D eigenvalue weighted by molar-refractivity contribution is 5.66. The van der Waals surface area contributed by atoms with Crippen LogP contribution in [0.4, 0.5) is 5.95 Å². The van der Waals surface area contributed by atoms with Gasteiger partial charge in [0.05, 0.1) is 19.5 Å². The van der Waals surface area contributed by atoms with Gasteiger partial charge < -0.3 is 19.6 Å². The van der Waals surface area contributed by atoms with E-state index in [4.69, 9.17) is 19.6 Å². The van der Waals surface area contributed by atoms with Gasteiger partial charge in [-0.15, -0.1) is 0 Å². The van der Waals surface area contributed by atoms with Crippen molar-refractivity contribution in [3.63, 3.8) is 0 Å². The second-order valence-electron chi connectivity index (χ2n) is 4.63. The van der Waals surface area contributed by atoms with Gasteiger partial charge in [-0.2, -0.15) is 10.2 Å². The number of nitrogens with zero attached hydrogens (tertiary/aromatic N) is 3. The summed E-state index contributed by atoms with van der Waals surface area (Å²) in [7, 11) is 0. The van der Waals surface area contributed by atoms with Gasteiger partial charge in [0.15, 0.2) is 5.76 Å². The molecule has 7 heteroatoms. The number of nitrogens with two attached hydrogens (primary N) is 1. The number of aromatic nitrogens is 2. The van der Waals surface area contributed by atoms with Crippen molar-refractivity contribution >= 4 is 5.95 Å². The van der Waals surface area contributed by atoms with Crippen LogP contribution >= 0.6 is 0 Å². The maximum Gasteiger partial charge on any atom is 0.237 e. The average molecular weight is 286 g/mol. The first-order chi connectivity index (χ1) is 10.3. The molecule has 0 radical (unpaired) electrons. The summed E-state index contributed by atoms with van der Waals surface area (Å²) in [6.07, 6.45) is 2.98. The van der Waals surface area contributed by atoms with Gasteiger partial charge in [0.1, 0.15) is 23.4 Å². The van der Waals surface area contributed by atoms with Crippen LogP contribution < -0.4 is 10.5 Å². The van der Waals surface area contributed by atoms with Gasteiger partial charge in [-0.3, -0.25) is 0 Å². The average Bonchev–Trinajstić information content (AvgIpc) is 3.02. The monoisotopic (exact) mass is 286 g/mol. The Hall–Kier alpha value is -2.59. The Morgan fingerprint density at radius 3 is 2.81 bits per heavy atom. The van der Waals surface area contributed by atoms with Crippen molar-refractivity contribution in [2.24, 2.45) is 0 Å². The molecule has 7 nitrogen and oxygen atoms in total. The van der Waals surface area contributed by atoms with E-state index < -0.39 is 0 Å². The highest BCUT2D eigenvalue weighted by atomic mass is 16.5. The topological polar surface area (TPSA) is 107 Å². The van der Waals surface area contributed by atoms with Crippen LogP contribution in [0.25, 0.3) is 11.5 Å². The minimum Gasteiger partial charge on any atom is -0.473 e. The largest absolute Gasteiger partial charge is 0.473 e. The van der Waals surface area contributed by atoms with Crippen molar-refractivity contribution in [3.8, 4) is 23.4 Å². The van der Waals surface area contributed by atoms with E-state index in [1.165, 1.54) is 6.26 Å². The summed E-state index contributed by atoms with van der Waals surface area (Å²) in [6, 6.07) is 5.50. The second kappa shape index (κ2) is 5.81. The Morgan fingerprint density at radius 2 is 2.14 bits per heavy atom. The molecule has 0 atom stereocenters. The van der Waals surface area contributed by atoms with Gasteiger partial charge in [0.2, 0.25) is 11.8 Å². The van der Waals surface area contributed by atoms with E-state index in [2.05, 4.69) is 16.0 Å². The molecular formula is C14H14N4O3. The fraction of sp³-hybridized carbons (Fsp3) is 0.357. The minimum absolute atomic E-state index is 0.0374. The molecule has 2 aromatic rings. The molecule has 2 N–H and O–H groups in total. The Bertz CT molecular complexity index is 658. The van der Waals surface area contributed by atoms with E-state index in [9.17, 15) is 5.26 Å². The molecule has 0 aliphatic carbocycles. The fourth-order valence-corrected chi connectivity index (χ4v) is 2.19. The lowest BCUT2D eigenvalue weighted by molar-refractivity contribution is 0.0236. The first-order valence-electron chi connectivity index (χ1n) is 6.64. The maximum absolute atomic E-state index is 9.40. The SMILES string of the molecule is N#Cc1c(OC2CCOCC2)nc(N)nc1-c1ccco1. The standard InChI is InChI=1S/C14H14N4O3/c15-8-10-12(11-2-1-5-20-11)17-14(16)18-13(10)21-9-3-6-19-7-4-9/h1-2,5,9H,3-4,6-7H2,(H2,16,17,18). The van der Waals surface area contributed by atoms with Crippen LogP contribution in [0, 0.1) is 11.3 Å². The van der Waals surface area contributed by atoms with Gasteiger partial charge in [-0.1, -0.05) is 0 Å². The van der Waals surface area contributed by atoms with Gasteiger partial charge in [-0.05, 0) is 12.1 Å². The lowest BCUT2D eigenvalue weighted by atomic mass is 10.1. The van der Waals surface area contributed by atoms with E-state index in [0.29, 0.717) is 24.7 Å². The molecule has 3 heterocycles. The van der Waals surface area contributed by atoms with E-state index in [1.807, 2.05) is 0 Å².